The maximum absolute atomic E-state index is 11.6. The average molecular weight is 295 g/mol. The van der Waals surface area contributed by atoms with Crippen molar-refractivity contribution in [2.24, 2.45) is 0 Å². The van der Waals surface area contributed by atoms with Crippen molar-refractivity contribution in [2.75, 3.05) is 5.88 Å². The van der Waals surface area contributed by atoms with Crippen LogP contribution in [0.2, 0.25) is 0 Å². The first kappa shape index (κ1) is 12.6. The van der Waals surface area contributed by atoms with Gasteiger partial charge in [0.2, 0.25) is 0 Å². The van der Waals surface area contributed by atoms with E-state index in [4.69, 9.17) is 16.0 Å². The molecule has 1 unspecified atom stereocenters. The third-order valence-corrected chi connectivity index (χ3v) is 2.73. The van der Waals surface area contributed by atoms with Crippen LogP contribution in [0.1, 0.15) is 30.3 Å². The van der Waals surface area contributed by atoms with E-state index in [0.29, 0.717) is 16.3 Å². The van der Waals surface area contributed by atoms with Crippen LogP contribution in [0, 0.1) is 0 Å². The van der Waals surface area contributed by atoms with E-state index >= 15 is 0 Å². The number of rotatable bonds is 5. The zero-order chi connectivity index (χ0) is 11.3. The predicted molar refractivity (Wildman–Crippen MR) is 63.3 cm³/mol. The Kier molecular flexibility index (Phi) is 5.19. The number of carbonyl (C=O) groups excluding carboxylic acids is 1. The van der Waals surface area contributed by atoms with Crippen LogP contribution in [0.3, 0.4) is 0 Å². The number of furan rings is 1. The van der Waals surface area contributed by atoms with Crippen molar-refractivity contribution in [3.05, 3.63) is 22.6 Å². The number of amides is 1. The Morgan fingerprint density at radius 2 is 2.40 bits per heavy atom. The summed E-state index contributed by atoms with van der Waals surface area (Å²) in [4.78, 5) is 11.6. The van der Waals surface area contributed by atoms with Gasteiger partial charge in [0.05, 0.1) is 0 Å². The first-order valence-electron chi connectivity index (χ1n) is 4.79. The van der Waals surface area contributed by atoms with Gasteiger partial charge < -0.3 is 9.73 Å². The molecule has 84 valence electrons. The fourth-order valence-corrected chi connectivity index (χ4v) is 1.77. The standard InChI is InChI=1S/C10H13BrClNO2/c1-2-7(5-6-12)13-10(14)8-3-4-9(11)15-8/h3-4,7H,2,5-6H2,1H3,(H,13,14). The molecule has 3 nitrogen and oxygen atoms in total. The molecular weight excluding hydrogens is 281 g/mol. The van der Waals surface area contributed by atoms with Gasteiger partial charge in [-0.25, -0.2) is 0 Å². The SMILES string of the molecule is CCC(CCCl)NC(=O)c1ccc(Br)o1. The van der Waals surface area contributed by atoms with Gasteiger partial charge in [-0.05, 0) is 40.9 Å². The molecule has 0 aromatic carbocycles. The first-order chi connectivity index (χ1) is 7.17. The van der Waals surface area contributed by atoms with Crippen molar-refractivity contribution < 1.29 is 9.21 Å². The van der Waals surface area contributed by atoms with Crippen LogP contribution < -0.4 is 5.32 Å². The topological polar surface area (TPSA) is 42.2 Å². The van der Waals surface area contributed by atoms with Crippen molar-refractivity contribution in [3.8, 4) is 0 Å². The zero-order valence-electron chi connectivity index (χ0n) is 8.43. The molecule has 0 saturated heterocycles. The highest BCUT2D eigenvalue weighted by Gasteiger charge is 2.14. The first-order valence-corrected chi connectivity index (χ1v) is 6.12. The fraction of sp³-hybridized carbons (Fsp3) is 0.500. The van der Waals surface area contributed by atoms with Gasteiger partial charge in [0.25, 0.3) is 5.91 Å². The van der Waals surface area contributed by atoms with Crippen LogP contribution >= 0.6 is 27.5 Å². The summed E-state index contributed by atoms with van der Waals surface area (Å²) in [5.74, 6) is 0.660. The van der Waals surface area contributed by atoms with Crippen LogP contribution in [0.4, 0.5) is 0 Å². The number of halogens is 2. The molecule has 15 heavy (non-hydrogen) atoms. The summed E-state index contributed by atoms with van der Waals surface area (Å²) in [7, 11) is 0. The molecule has 1 atom stereocenters. The smallest absolute Gasteiger partial charge is 0.287 e. The molecule has 0 aliphatic rings. The minimum atomic E-state index is -0.197. The molecule has 1 N–H and O–H groups in total. The summed E-state index contributed by atoms with van der Waals surface area (Å²) >= 11 is 8.77. The molecule has 0 spiro atoms. The lowest BCUT2D eigenvalue weighted by Crippen LogP contribution is -2.34. The minimum Gasteiger partial charge on any atom is -0.444 e. The molecule has 1 amide bonds. The van der Waals surface area contributed by atoms with Gasteiger partial charge in [0.15, 0.2) is 10.4 Å². The molecule has 0 fully saturated rings. The Labute approximate surface area is 102 Å². The second kappa shape index (κ2) is 6.18. The van der Waals surface area contributed by atoms with E-state index in [-0.39, 0.29) is 11.9 Å². The lowest BCUT2D eigenvalue weighted by atomic mass is 10.1. The van der Waals surface area contributed by atoms with Gasteiger partial charge in [-0.15, -0.1) is 11.6 Å². The molecule has 1 heterocycles. The lowest BCUT2D eigenvalue weighted by Gasteiger charge is -2.14. The normalized spacial score (nSPS) is 12.5. The Hall–Kier alpha value is -0.480. The van der Waals surface area contributed by atoms with E-state index in [1.807, 2.05) is 6.92 Å². The lowest BCUT2D eigenvalue weighted by molar-refractivity contribution is 0.0905. The van der Waals surface area contributed by atoms with Gasteiger partial charge in [0.1, 0.15) is 0 Å². The predicted octanol–water partition coefficient (Wildman–Crippen LogP) is 3.18. The second-order valence-electron chi connectivity index (χ2n) is 3.16. The summed E-state index contributed by atoms with van der Waals surface area (Å²) in [5.41, 5.74) is 0. The number of hydrogen-bond acceptors (Lipinski definition) is 2. The summed E-state index contributed by atoms with van der Waals surface area (Å²) in [5, 5.41) is 2.86. The number of hydrogen-bond donors (Lipinski definition) is 1. The molecule has 5 heteroatoms. The summed E-state index contributed by atoms with van der Waals surface area (Å²) in [6.07, 6.45) is 1.63. The van der Waals surface area contributed by atoms with E-state index in [0.717, 1.165) is 12.8 Å². The van der Waals surface area contributed by atoms with Crippen LogP contribution in [-0.4, -0.2) is 17.8 Å². The van der Waals surface area contributed by atoms with Crippen LogP contribution in [0.25, 0.3) is 0 Å². The molecule has 1 aromatic rings. The Bertz CT molecular complexity index is 327. The van der Waals surface area contributed by atoms with Crippen molar-refractivity contribution in [2.45, 2.75) is 25.8 Å². The van der Waals surface area contributed by atoms with Crippen molar-refractivity contribution >= 4 is 33.4 Å². The van der Waals surface area contributed by atoms with Crippen LogP contribution in [-0.2, 0) is 0 Å². The summed E-state index contributed by atoms with van der Waals surface area (Å²) in [6.45, 7) is 2.01. The third kappa shape index (κ3) is 3.87. The highest BCUT2D eigenvalue weighted by Crippen LogP contribution is 2.14. The Morgan fingerprint density at radius 3 is 2.87 bits per heavy atom. The van der Waals surface area contributed by atoms with E-state index in [9.17, 15) is 4.79 Å². The molecule has 0 radical (unpaired) electrons. The van der Waals surface area contributed by atoms with Gasteiger partial charge in [-0.3, -0.25) is 4.79 Å². The maximum Gasteiger partial charge on any atom is 0.287 e. The molecular formula is C10H13BrClNO2. The molecule has 1 rings (SSSR count). The molecule has 0 aliphatic carbocycles. The Balaban J connectivity index is 2.54. The quantitative estimate of drug-likeness (QED) is 0.848. The van der Waals surface area contributed by atoms with E-state index in [1.165, 1.54) is 0 Å². The third-order valence-electron chi connectivity index (χ3n) is 2.08. The van der Waals surface area contributed by atoms with Crippen LogP contribution in [0.5, 0.6) is 0 Å². The molecule has 1 aromatic heterocycles. The maximum atomic E-state index is 11.6. The van der Waals surface area contributed by atoms with Gasteiger partial charge in [0, 0.05) is 11.9 Å². The molecule has 0 bridgehead atoms. The number of alkyl halides is 1. The minimum absolute atomic E-state index is 0.110. The zero-order valence-corrected chi connectivity index (χ0v) is 10.8. The average Bonchev–Trinajstić information content (AvgIpc) is 2.64. The number of carbonyl (C=O) groups is 1. The van der Waals surface area contributed by atoms with Crippen molar-refractivity contribution in [1.29, 1.82) is 0 Å². The van der Waals surface area contributed by atoms with E-state index < -0.39 is 0 Å². The van der Waals surface area contributed by atoms with E-state index in [2.05, 4.69) is 21.2 Å². The highest BCUT2D eigenvalue weighted by atomic mass is 79.9. The van der Waals surface area contributed by atoms with Gasteiger partial charge in [-0.1, -0.05) is 6.92 Å². The highest BCUT2D eigenvalue weighted by molar-refractivity contribution is 9.10. The summed E-state index contributed by atoms with van der Waals surface area (Å²) in [6, 6.07) is 3.43. The monoisotopic (exact) mass is 293 g/mol. The van der Waals surface area contributed by atoms with Gasteiger partial charge >= 0.3 is 0 Å². The van der Waals surface area contributed by atoms with E-state index in [1.54, 1.807) is 12.1 Å². The largest absolute Gasteiger partial charge is 0.444 e. The van der Waals surface area contributed by atoms with Crippen molar-refractivity contribution in [1.82, 2.24) is 5.32 Å². The summed E-state index contributed by atoms with van der Waals surface area (Å²) < 4.78 is 5.69. The van der Waals surface area contributed by atoms with Crippen LogP contribution in [0.15, 0.2) is 21.2 Å². The fourth-order valence-electron chi connectivity index (χ4n) is 1.20. The Morgan fingerprint density at radius 1 is 1.67 bits per heavy atom. The number of nitrogens with one attached hydrogen (secondary N) is 1. The second-order valence-corrected chi connectivity index (χ2v) is 4.32. The van der Waals surface area contributed by atoms with Crippen molar-refractivity contribution in [3.63, 3.8) is 0 Å². The molecule has 0 saturated carbocycles. The van der Waals surface area contributed by atoms with Gasteiger partial charge in [-0.2, -0.15) is 0 Å². The molecule has 0 aliphatic heterocycles.